The van der Waals surface area contributed by atoms with Crippen molar-refractivity contribution < 1.29 is 14.4 Å². The van der Waals surface area contributed by atoms with Crippen LogP contribution < -0.4 is 11.1 Å². The number of fused-ring (bicyclic) bond motifs is 1. The number of nitrogens with two attached hydrogens (primary N) is 1. The van der Waals surface area contributed by atoms with Gasteiger partial charge in [-0.05, 0) is 23.1 Å². The molecule has 0 bridgehead atoms. The van der Waals surface area contributed by atoms with Gasteiger partial charge in [-0.15, -0.1) is 0 Å². The zero-order valence-corrected chi connectivity index (χ0v) is 15.1. The zero-order chi connectivity index (χ0) is 19.1. The van der Waals surface area contributed by atoms with E-state index in [1.807, 2.05) is 12.1 Å². The molecule has 0 heterocycles. The minimum absolute atomic E-state index is 0.165. The highest BCUT2D eigenvalue weighted by Crippen LogP contribution is 2.40. The van der Waals surface area contributed by atoms with Gasteiger partial charge in [0.15, 0.2) is 5.54 Å². The maximum atomic E-state index is 13.3. The van der Waals surface area contributed by atoms with Crippen LogP contribution in [0, 0.1) is 0 Å². The molecular weight excluding hydrogens is 328 g/mol. The lowest BCUT2D eigenvalue weighted by Crippen LogP contribution is -2.54. The number of nitrogens with one attached hydrogen (secondary N) is 1. The average molecular weight is 350 g/mol. The van der Waals surface area contributed by atoms with Gasteiger partial charge in [-0.1, -0.05) is 57.2 Å². The molecule has 3 rings (SSSR count). The summed E-state index contributed by atoms with van der Waals surface area (Å²) in [6.07, 6.45) is 0.165. The van der Waals surface area contributed by atoms with Gasteiger partial charge in [0, 0.05) is 17.7 Å². The van der Waals surface area contributed by atoms with E-state index in [1.165, 1.54) is 0 Å². The smallest absolute Gasteiger partial charge is 0.221 e. The van der Waals surface area contributed by atoms with Gasteiger partial charge < -0.3 is 11.1 Å². The molecule has 1 aliphatic carbocycles. The first-order chi connectivity index (χ1) is 12.3. The van der Waals surface area contributed by atoms with Gasteiger partial charge in [0.1, 0.15) is 0 Å². The fourth-order valence-corrected chi connectivity index (χ4v) is 3.37. The molecule has 0 fully saturated rings. The predicted octanol–water partition coefficient (Wildman–Crippen LogP) is 3.19. The fourth-order valence-electron chi connectivity index (χ4n) is 3.37. The summed E-state index contributed by atoms with van der Waals surface area (Å²) in [7, 11) is 0. The number of hydrogen-bond donors (Lipinski definition) is 2. The van der Waals surface area contributed by atoms with Gasteiger partial charge in [0.05, 0.1) is 5.56 Å². The van der Waals surface area contributed by atoms with Gasteiger partial charge in [-0.25, -0.2) is 0 Å². The van der Waals surface area contributed by atoms with Crippen LogP contribution in [0.15, 0.2) is 42.5 Å². The van der Waals surface area contributed by atoms with Gasteiger partial charge in [0.2, 0.25) is 17.5 Å². The fraction of sp³-hybridized carbons (Fsp3) is 0.286. The zero-order valence-electron chi connectivity index (χ0n) is 15.1. The van der Waals surface area contributed by atoms with Crippen molar-refractivity contribution in [1.29, 1.82) is 0 Å². The first-order valence-corrected chi connectivity index (χ1v) is 8.72. The topological polar surface area (TPSA) is 89.3 Å². The van der Waals surface area contributed by atoms with Crippen LogP contribution in [-0.4, -0.2) is 17.5 Å². The Morgan fingerprint density at radius 1 is 1.08 bits per heavy atom. The van der Waals surface area contributed by atoms with E-state index in [-0.39, 0.29) is 29.1 Å². The van der Waals surface area contributed by atoms with Crippen molar-refractivity contribution in [2.24, 2.45) is 0 Å². The molecule has 0 saturated heterocycles. The lowest BCUT2D eigenvalue weighted by Gasteiger charge is -2.28. The molecule has 2 aromatic carbocycles. The third-order valence-corrected chi connectivity index (χ3v) is 4.91. The molecule has 0 radical (unpaired) electrons. The maximum Gasteiger partial charge on any atom is 0.221 e. The van der Waals surface area contributed by atoms with Crippen LogP contribution >= 0.6 is 0 Å². The number of ketones is 2. The molecule has 5 heteroatoms. The molecule has 26 heavy (non-hydrogen) atoms. The van der Waals surface area contributed by atoms with Crippen molar-refractivity contribution >= 4 is 23.2 Å². The molecule has 2 aromatic rings. The SMILES string of the molecule is CCC(=O)NC1(c2ccc(C(C)C)cc2)C(=O)c2cccc(N)c2C1=O. The Kier molecular flexibility index (Phi) is 4.40. The number of benzene rings is 2. The summed E-state index contributed by atoms with van der Waals surface area (Å²) < 4.78 is 0. The summed E-state index contributed by atoms with van der Waals surface area (Å²) in [6, 6.07) is 12.0. The molecular formula is C21H22N2O3. The number of rotatable bonds is 4. The summed E-state index contributed by atoms with van der Waals surface area (Å²) >= 11 is 0. The number of Topliss-reactive ketones (excluding diaryl/α,β-unsaturated/α-hetero) is 2. The second-order valence-corrected chi connectivity index (χ2v) is 6.86. The van der Waals surface area contributed by atoms with E-state index in [0.29, 0.717) is 11.5 Å². The van der Waals surface area contributed by atoms with Crippen LogP contribution in [0.5, 0.6) is 0 Å². The van der Waals surface area contributed by atoms with Crippen molar-refractivity contribution in [3.63, 3.8) is 0 Å². The number of anilines is 1. The summed E-state index contributed by atoms with van der Waals surface area (Å²) in [5.74, 6) is -0.974. The largest absolute Gasteiger partial charge is 0.398 e. The van der Waals surface area contributed by atoms with Gasteiger partial charge >= 0.3 is 0 Å². The van der Waals surface area contributed by atoms with Gasteiger partial charge in [-0.3, -0.25) is 14.4 Å². The lowest BCUT2D eigenvalue weighted by atomic mass is 9.83. The van der Waals surface area contributed by atoms with Crippen LogP contribution in [0.1, 0.15) is 65.0 Å². The van der Waals surface area contributed by atoms with Gasteiger partial charge in [-0.2, -0.15) is 0 Å². The molecule has 1 atom stereocenters. The van der Waals surface area contributed by atoms with E-state index in [2.05, 4.69) is 19.2 Å². The van der Waals surface area contributed by atoms with Crippen LogP contribution in [-0.2, 0) is 10.3 Å². The highest BCUT2D eigenvalue weighted by Gasteiger charge is 2.55. The number of carbonyl (C=O) groups is 3. The average Bonchev–Trinajstić information content (AvgIpc) is 2.85. The third kappa shape index (κ3) is 2.51. The first-order valence-electron chi connectivity index (χ1n) is 8.72. The molecule has 0 saturated carbocycles. The molecule has 1 unspecified atom stereocenters. The minimum Gasteiger partial charge on any atom is -0.398 e. The van der Waals surface area contributed by atoms with E-state index in [9.17, 15) is 14.4 Å². The molecule has 0 aromatic heterocycles. The lowest BCUT2D eigenvalue weighted by molar-refractivity contribution is -0.122. The monoisotopic (exact) mass is 350 g/mol. The van der Waals surface area contributed by atoms with Crippen LogP contribution in [0.4, 0.5) is 5.69 Å². The molecule has 3 N–H and O–H groups in total. The minimum atomic E-state index is -1.75. The second kappa shape index (κ2) is 6.41. The van der Waals surface area contributed by atoms with E-state index in [0.717, 1.165) is 5.56 Å². The van der Waals surface area contributed by atoms with Crippen molar-refractivity contribution in [3.05, 3.63) is 64.7 Å². The first kappa shape index (κ1) is 17.9. The van der Waals surface area contributed by atoms with Crippen LogP contribution in [0.3, 0.4) is 0 Å². The molecule has 134 valence electrons. The Bertz CT molecular complexity index is 900. The third-order valence-electron chi connectivity index (χ3n) is 4.91. The van der Waals surface area contributed by atoms with Crippen molar-refractivity contribution in [2.75, 3.05) is 5.73 Å². The van der Waals surface area contributed by atoms with Crippen molar-refractivity contribution in [2.45, 2.75) is 38.6 Å². The van der Waals surface area contributed by atoms with Gasteiger partial charge in [0.25, 0.3) is 0 Å². The Balaban J connectivity index is 2.21. The highest BCUT2D eigenvalue weighted by molar-refractivity contribution is 6.35. The summed E-state index contributed by atoms with van der Waals surface area (Å²) in [5.41, 5.74) is 6.43. The summed E-state index contributed by atoms with van der Waals surface area (Å²) in [4.78, 5) is 38.8. The second-order valence-electron chi connectivity index (χ2n) is 6.86. The standard InChI is InChI=1S/C21H22N2O3/c1-4-17(24)23-21(14-10-8-13(9-11-14)12(2)3)19(25)15-6-5-7-16(22)18(15)20(21)26/h5-12H,4,22H2,1-3H3,(H,23,24). The maximum absolute atomic E-state index is 13.3. The van der Waals surface area contributed by atoms with E-state index in [4.69, 9.17) is 5.73 Å². The highest BCUT2D eigenvalue weighted by atomic mass is 16.2. The number of hydrogen-bond acceptors (Lipinski definition) is 4. The van der Waals surface area contributed by atoms with E-state index >= 15 is 0 Å². The molecule has 5 nitrogen and oxygen atoms in total. The number of amides is 1. The Morgan fingerprint density at radius 2 is 1.73 bits per heavy atom. The van der Waals surface area contributed by atoms with Crippen LogP contribution in [0.25, 0.3) is 0 Å². The van der Waals surface area contributed by atoms with Crippen molar-refractivity contribution in [1.82, 2.24) is 5.32 Å². The Hall–Kier alpha value is -2.95. The number of nitrogen functional groups attached to an aromatic ring is 1. The van der Waals surface area contributed by atoms with E-state index < -0.39 is 17.1 Å². The molecule has 0 aliphatic heterocycles. The summed E-state index contributed by atoms with van der Waals surface area (Å²) in [5, 5.41) is 2.69. The quantitative estimate of drug-likeness (QED) is 0.654. The molecule has 1 amide bonds. The number of carbonyl (C=O) groups excluding carboxylic acids is 3. The van der Waals surface area contributed by atoms with Crippen molar-refractivity contribution in [3.8, 4) is 0 Å². The predicted molar refractivity (Wildman–Crippen MR) is 100 cm³/mol. The Morgan fingerprint density at radius 3 is 2.27 bits per heavy atom. The molecule has 1 aliphatic rings. The summed E-state index contributed by atoms with van der Waals surface area (Å²) in [6.45, 7) is 5.80. The van der Waals surface area contributed by atoms with E-state index in [1.54, 1.807) is 37.3 Å². The van der Waals surface area contributed by atoms with Crippen LogP contribution in [0.2, 0.25) is 0 Å². The normalized spacial score (nSPS) is 18.9. The Labute approximate surface area is 152 Å². The molecule has 0 spiro atoms.